The van der Waals surface area contributed by atoms with E-state index < -0.39 is 22.9 Å². The molecule has 0 spiro atoms. The molecule has 30 heavy (non-hydrogen) atoms. The van der Waals surface area contributed by atoms with Crippen molar-refractivity contribution >= 4 is 28.1 Å². The number of carbonyl (C=O) groups excluding carboxylic acids is 1. The number of hydrogen-bond acceptors (Lipinski definition) is 7. The number of aromatic nitrogens is 2. The molecule has 0 saturated carbocycles. The normalized spacial score (nSPS) is 12.1. The lowest BCUT2D eigenvalue weighted by atomic mass is 9.96. The van der Waals surface area contributed by atoms with Gasteiger partial charge < -0.3 is 21.3 Å². The Morgan fingerprint density at radius 1 is 1.07 bits per heavy atom. The van der Waals surface area contributed by atoms with E-state index in [1.807, 2.05) is 0 Å². The zero-order valence-electron chi connectivity index (χ0n) is 17.0. The standard InChI is InChI=1S/C21H23FN4O3S/c1-20(2,28)11-5-6-12(14(22)9-11)15-10-13(18(23)27)19(30-15)24-17-8-7-16(25-26-17)21(3,4)29/h5-10,28-29H,1-4H3,(H2,23,27)(H,24,26). The van der Waals surface area contributed by atoms with Gasteiger partial charge in [0, 0.05) is 10.4 Å². The van der Waals surface area contributed by atoms with Gasteiger partial charge in [-0.25, -0.2) is 4.39 Å². The Balaban J connectivity index is 1.95. The van der Waals surface area contributed by atoms with Crippen LogP contribution in [0.1, 0.15) is 49.3 Å². The number of nitrogens with two attached hydrogens (primary N) is 1. The number of anilines is 2. The lowest BCUT2D eigenvalue weighted by molar-refractivity contribution is 0.0728. The van der Waals surface area contributed by atoms with Crippen molar-refractivity contribution in [2.24, 2.45) is 5.73 Å². The van der Waals surface area contributed by atoms with Crippen LogP contribution in [-0.4, -0.2) is 26.3 Å². The molecule has 0 unspecified atom stereocenters. The quantitative estimate of drug-likeness (QED) is 0.474. The van der Waals surface area contributed by atoms with Gasteiger partial charge in [-0.05, 0) is 57.5 Å². The Bertz CT molecular complexity index is 1080. The molecule has 1 amide bonds. The Labute approximate surface area is 177 Å². The van der Waals surface area contributed by atoms with Crippen LogP contribution in [0.4, 0.5) is 15.2 Å². The second-order valence-corrected chi connectivity index (χ2v) is 9.01. The molecule has 3 rings (SSSR count). The van der Waals surface area contributed by atoms with Crippen LogP contribution in [0.5, 0.6) is 0 Å². The largest absolute Gasteiger partial charge is 0.386 e. The summed E-state index contributed by atoms with van der Waals surface area (Å²) in [5.41, 5.74) is 4.49. The molecule has 0 saturated heterocycles. The van der Waals surface area contributed by atoms with Crippen molar-refractivity contribution in [2.45, 2.75) is 38.9 Å². The predicted molar refractivity (Wildman–Crippen MR) is 114 cm³/mol. The van der Waals surface area contributed by atoms with Gasteiger partial charge in [0.1, 0.15) is 16.4 Å². The molecule has 0 fully saturated rings. The SMILES string of the molecule is CC(C)(O)c1ccc(-c2cc(C(N)=O)c(Nc3ccc(C(C)(C)O)nn3)s2)c(F)c1. The molecule has 0 atom stereocenters. The second-order valence-electron chi connectivity index (χ2n) is 7.96. The van der Waals surface area contributed by atoms with Crippen molar-refractivity contribution in [3.8, 4) is 10.4 Å². The maximum absolute atomic E-state index is 14.7. The lowest BCUT2D eigenvalue weighted by Gasteiger charge is -2.18. The summed E-state index contributed by atoms with van der Waals surface area (Å²) in [5, 5.41) is 31.4. The topological polar surface area (TPSA) is 121 Å². The number of amides is 1. The molecule has 9 heteroatoms. The van der Waals surface area contributed by atoms with Gasteiger partial charge in [0.25, 0.3) is 5.91 Å². The molecule has 3 aromatic rings. The van der Waals surface area contributed by atoms with Gasteiger partial charge in [-0.3, -0.25) is 4.79 Å². The molecule has 7 nitrogen and oxygen atoms in total. The van der Waals surface area contributed by atoms with Crippen LogP contribution in [0.2, 0.25) is 0 Å². The van der Waals surface area contributed by atoms with Gasteiger partial charge in [0.15, 0.2) is 5.82 Å². The summed E-state index contributed by atoms with van der Waals surface area (Å²) in [5.74, 6) is -0.848. The average Bonchev–Trinajstić information content (AvgIpc) is 3.04. The number of rotatable bonds is 6. The van der Waals surface area contributed by atoms with Gasteiger partial charge in [0.2, 0.25) is 0 Å². The van der Waals surface area contributed by atoms with Gasteiger partial charge >= 0.3 is 0 Å². The summed E-state index contributed by atoms with van der Waals surface area (Å²) >= 11 is 1.14. The first-order chi connectivity index (χ1) is 13.9. The Morgan fingerprint density at radius 2 is 1.77 bits per heavy atom. The molecule has 0 aliphatic heterocycles. The average molecular weight is 431 g/mol. The van der Waals surface area contributed by atoms with Crippen LogP contribution in [0.15, 0.2) is 36.4 Å². The third-order valence-electron chi connectivity index (χ3n) is 4.47. The summed E-state index contributed by atoms with van der Waals surface area (Å²) in [6.07, 6.45) is 0. The fraction of sp³-hybridized carbons (Fsp3) is 0.286. The van der Waals surface area contributed by atoms with Gasteiger partial charge in [-0.1, -0.05) is 12.1 Å². The lowest BCUT2D eigenvalue weighted by Crippen LogP contribution is -2.18. The minimum Gasteiger partial charge on any atom is -0.386 e. The first kappa shape index (κ1) is 21.8. The zero-order chi connectivity index (χ0) is 22.3. The highest BCUT2D eigenvalue weighted by Crippen LogP contribution is 2.38. The van der Waals surface area contributed by atoms with Gasteiger partial charge in [-0.15, -0.1) is 16.4 Å². The number of nitrogens with zero attached hydrogens (tertiary/aromatic N) is 2. The van der Waals surface area contributed by atoms with Crippen LogP contribution in [0, 0.1) is 5.82 Å². The summed E-state index contributed by atoms with van der Waals surface area (Å²) in [4.78, 5) is 12.4. The Morgan fingerprint density at radius 3 is 2.27 bits per heavy atom. The minimum atomic E-state index is -1.17. The molecular weight excluding hydrogens is 407 g/mol. The van der Waals surface area contributed by atoms with Crippen molar-refractivity contribution in [1.82, 2.24) is 10.2 Å². The van der Waals surface area contributed by atoms with E-state index in [0.717, 1.165) is 11.3 Å². The third-order valence-corrected chi connectivity index (χ3v) is 5.56. The van der Waals surface area contributed by atoms with Crippen molar-refractivity contribution in [3.05, 3.63) is 59.0 Å². The van der Waals surface area contributed by atoms with E-state index in [1.165, 1.54) is 12.1 Å². The second kappa shape index (κ2) is 7.75. The maximum atomic E-state index is 14.7. The Hall–Kier alpha value is -2.88. The molecule has 2 heterocycles. The number of primary amides is 1. The van der Waals surface area contributed by atoms with Crippen molar-refractivity contribution in [1.29, 1.82) is 0 Å². The van der Waals surface area contributed by atoms with E-state index in [-0.39, 0.29) is 11.1 Å². The number of halogens is 1. The van der Waals surface area contributed by atoms with E-state index >= 15 is 0 Å². The van der Waals surface area contributed by atoms with E-state index in [4.69, 9.17) is 5.73 Å². The van der Waals surface area contributed by atoms with Crippen molar-refractivity contribution < 1.29 is 19.4 Å². The van der Waals surface area contributed by atoms with Crippen LogP contribution >= 0.6 is 11.3 Å². The number of hydrogen-bond donors (Lipinski definition) is 4. The van der Waals surface area contributed by atoms with Gasteiger partial charge in [-0.2, -0.15) is 5.10 Å². The van der Waals surface area contributed by atoms with E-state index in [2.05, 4.69) is 15.5 Å². The predicted octanol–water partition coefficient (Wildman–Crippen LogP) is 3.64. The summed E-state index contributed by atoms with van der Waals surface area (Å²) in [7, 11) is 0. The number of benzene rings is 1. The number of nitrogens with one attached hydrogen (secondary N) is 1. The zero-order valence-corrected chi connectivity index (χ0v) is 17.8. The minimum absolute atomic E-state index is 0.189. The van der Waals surface area contributed by atoms with Crippen molar-refractivity contribution in [2.75, 3.05) is 5.32 Å². The fourth-order valence-corrected chi connectivity index (χ4v) is 3.83. The molecule has 0 aliphatic rings. The Kier molecular flexibility index (Phi) is 5.64. The van der Waals surface area contributed by atoms with Crippen LogP contribution in [0.3, 0.4) is 0 Å². The van der Waals surface area contributed by atoms with Crippen LogP contribution in [0.25, 0.3) is 10.4 Å². The molecule has 158 valence electrons. The summed E-state index contributed by atoms with van der Waals surface area (Å²) in [6, 6.07) is 9.20. The van der Waals surface area contributed by atoms with Gasteiger partial charge in [0.05, 0.1) is 16.9 Å². The number of carbonyl (C=O) groups is 1. The molecule has 1 aromatic carbocycles. The smallest absolute Gasteiger partial charge is 0.251 e. The third kappa shape index (κ3) is 4.64. The maximum Gasteiger partial charge on any atom is 0.251 e. The van der Waals surface area contributed by atoms with E-state index in [1.54, 1.807) is 52.0 Å². The molecule has 5 N–H and O–H groups in total. The first-order valence-electron chi connectivity index (χ1n) is 9.16. The van der Waals surface area contributed by atoms with E-state index in [9.17, 15) is 19.4 Å². The highest BCUT2D eigenvalue weighted by atomic mass is 32.1. The molecular formula is C21H23FN4O3S. The van der Waals surface area contributed by atoms with Crippen LogP contribution in [-0.2, 0) is 11.2 Å². The first-order valence-corrected chi connectivity index (χ1v) is 9.98. The summed E-state index contributed by atoms with van der Waals surface area (Å²) in [6.45, 7) is 6.34. The van der Waals surface area contributed by atoms with Crippen LogP contribution < -0.4 is 11.1 Å². The molecule has 0 radical (unpaired) electrons. The van der Waals surface area contributed by atoms with Crippen molar-refractivity contribution in [3.63, 3.8) is 0 Å². The van der Waals surface area contributed by atoms with E-state index in [0.29, 0.717) is 27.0 Å². The highest BCUT2D eigenvalue weighted by Gasteiger charge is 2.22. The fourth-order valence-electron chi connectivity index (χ4n) is 2.74. The molecule has 0 bridgehead atoms. The molecule has 2 aromatic heterocycles. The summed E-state index contributed by atoms with van der Waals surface area (Å²) < 4.78 is 14.7. The number of thiophene rings is 1. The molecule has 0 aliphatic carbocycles. The monoisotopic (exact) mass is 430 g/mol. The number of aliphatic hydroxyl groups is 2. The highest BCUT2D eigenvalue weighted by molar-refractivity contribution is 7.19.